The zero-order valence-electron chi connectivity index (χ0n) is 17.6. The zero-order valence-corrected chi connectivity index (χ0v) is 17.6. The van der Waals surface area contributed by atoms with E-state index in [1.165, 1.54) is 26.5 Å². The fraction of sp³-hybridized carbons (Fsp3) is 0.381. The van der Waals surface area contributed by atoms with Crippen molar-refractivity contribution in [1.82, 2.24) is 15.0 Å². The maximum absolute atomic E-state index is 15.2. The second kappa shape index (κ2) is 8.10. The van der Waals surface area contributed by atoms with Gasteiger partial charge in [-0.05, 0) is 19.9 Å². The van der Waals surface area contributed by atoms with E-state index in [-0.39, 0.29) is 40.9 Å². The molecule has 10 heteroatoms. The summed E-state index contributed by atoms with van der Waals surface area (Å²) < 4.78 is 46.2. The van der Waals surface area contributed by atoms with Gasteiger partial charge in [-0.3, -0.25) is 0 Å². The molecule has 31 heavy (non-hydrogen) atoms. The number of hydrogen-bond acceptors (Lipinski definition) is 8. The fourth-order valence-corrected chi connectivity index (χ4v) is 3.85. The average Bonchev–Trinajstić information content (AvgIpc) is 2.73. The quantitative estimate of drug-likeness (QED) is 0.673. The molecular formula is C21H23F2N5O3. The molecule has 0 spiro atoms. The molecule has 0 radical (unpaired) electrons. The molecule has 0 bridgehead atoms. The number of ether oxygens (including phenoxy) is 3. The predicted octanol–water partition coefficient (Wildman–Crippen LogP) is 3.18. The van der Waals surface area contributed by atoms with Gasteiger partial charge >= 0.3 is 0 Å². The van der Waals surface area contributed by atoms with Crippen LogP contribution >= 0.6 is 0 Å². The van der Waals surface area contributed by atoms with E-state index >= 15 is 8.78 Å². The Labute approximate surface area is 178 Å². The Morgan fingerprint density at radius 3 is 2.23 bits per heavy atom. The van der Waals surface area contributed by atoms with Crippen molar-refractivity contribution in [2.24, 2.45) is 0 Å². The second-order valence-corrected chi connectivity index (χ2v) is 7.44. The minimum absolute atomic E-state index is 0.0613. The number of hydrogen-bond donors (Lipinski definition) is 1. The van der Waals surface area contributed by atoms with Crippen LogP contribution in [0, 0.1) is 11.6 Å². The van der Waals surface area contributed by atoms with E-state index in [0.29, 0.717) is 29.8 Å². The van der Waals surface area contributed by atoms with Crippen LogP contribution in [0.4, 0.5) is 20.5 Å². The number of benzene rings is 1. The number of methoxy groups -OCH3 is 2. The smallest absolute Gasteiger partial charge is 0.220 e. The number of aromatic nitrogens is 3. The van der Waals surface area contributed by atoms with E-state index in [4.69, 9.17) is 19.9 Å². The second-order valence-electron chi connectivity index (χ2n) is 7.44. The van der Waals surface area contributed by atoms with Crippen LogP contribution < -0.4 is 20.1 Å². The lowest BCUT2D eigenvalue weighted by Gasteiger charge is -2.36. The molecule has 1 fully saturated rings. The van der Waals surface area contributed by atoms with Crippen LogP contribution in [0.5, 0.6) is 11.5 Å². The number of pyridine rings is 1. The summed E-state index contributed by atoms with van der Waals surface area (Å²) in [6.45, 7) is 4.97. The molecule has 2 N–H and O–H groups in total. The summed E-state index contributed by atoms with van der Waals surface area (Å²) in [4.78, 5) is 14.9. The molecule has 3 aromatic rings. The number of halogens is 2. The van der Waals surface area contributed by atoms with Gasteiger partial charge in [-0.15, -0.1) is 0 Å². The van der Waals surface area contributed by atoms with Crippen LogP contribution in [0.25, 0.3) is 22.2 Å². The van der Waals surface area contributed by atoms with Gasteiger partial charge in [0.15, 0.2) is 29.0 Å². The molecule has 1 aromatic carbocycles. The Kier molecular flexibility index (Phi) is 5.48. The number of nitrogens with zero attached hydrogens (tertiary/aromatic N) is 4. The summed E-state index contributed by atoms with van der Waals surface area (Å²) in [6, 6.07) is 2.68. The first-order valence-corrected chi connectivity index (χ1v) is 9.76. The van der Waals surface area contributed by atoms with Gasteiger partial charge in [-0.25, -0.2) is 23.7 Å². The molecule has 1 aliphatic heterocycles. The van der Waals surface area contributed by atoms with Crippen molar-refractivity contribution in [2.75, 3.05) is 37.9 Å². The minimum Gasteiger partial charge on any atom is -0.494 e. The molecule has 3 heterocycles. The number of rotatable bonds is 4. The Morgan fingerprint density at radius 1 is 1.03 bits per heavy atom. The van der Waals surface area contributed by atoms with E-state index in [2.05, 4.69) is 15.0 Å². The minimum atomic E-state index is -0.876. The Balaban J connectivity index is 1.98. The average molecular weight is 431 g/mol. The van der Waals surface area contributed by atoms with Gasteiger partial charge in [0.1, 0.15) is 5.52 Å². The van der Waals surface area contributed by atoms with Crippen LogP contribution in [0.1, 0.15) is 13.8 Å². The first kappa shape index (κ1) is 21.0. The Hall–Kier alpha value is -3.27. The van der Waals surface area contributed by atoms with Gasteiger partial charge in [0.25, 0.3) is 0 Å². The normalized spacial score (nSPS) is 19.0. The highest BCUT2D eigenvalue weighted by atomic mass is 19.1. The summed E-state index contributed by atoms with van der Waals surface area (Å²) in [7, 11) is 2.60. The van der Waals surface area contributed by atoms with E-state index in [9.17, 15) is 0 Å². The fourth-order valence-electron chi connectivity index (χ4n) is 3.85. The number of fused-ring (bicyclic) bond motifs is 1. The number of nitrogens with two attached hydrogens (primary N) is 1. The van der Waals surface area contributed by atoms with Gasteiger partial charge in [-0.2, -0.15) is 0 Å². The highest BCUT2D eigenvalue weighted by Gasteiger charge is 2.28. The largest absolute Gasteiger partial charge is 0.494 e. The summed E-state index contributed by atoms with van der Waals surface area (Å²) in [6.07, 6.45) is 1.38. The first-order chi connectivity index (χ1) is 14.8. The summed E-state index contributed by atoms with van der Waals surface area (Å²) in [5.74, 6) is -1.53. The lowest BCUT2D eigenvalue weighted by atomic mass is 10.1. The molecule has 0 aliphatic carbocycles. The van der Waals surface area contributed by atoms with Crippen molar-refractivity contribution in [3.8, 4) is 22.8 Å². The zero-order chi connectivity index (χ0) is 22.3. The molecule has 0 saturated carbocycles. The molecule has 4 rings (SSSR count). The molecule has 2 unspecified atom stereocenters. The maximum atomic E-state index is 15.2. The molecular weight excluding hydrogens is 408 g/mol. The Morgan fingerprint density at radius 2 is 1.65 bits per heavy atom. The summed E-state index contributed by atoms with van der Waals surface area (Å²) >= 11 is 0. The molecule has 164 valence electrons. The van der Waals surface area contributed by atoms with Crippen molar-refractivity contribution < 1.29 is 23.0 Å². The van der Waals surface area contributed by atoms with Crippen LogP contribution in [-0.4, -0.2) is 54.5 Å². The first-order valence-electron chi connectivity index (χ1n) is 9.76. The third-order valence-corrected chi connectivity index (χ3v) is 5.12. The van der Waals surface area contributed by atoms with Crippen LogP contribution in [0.2, 0.25) is 0 Å². The summed E-state index contributed by atoms with van der Waals surface area (Å²) in [5, 5.41) is 0.543. The highest BCUT2D eigenvalue weighted by Crippen LogP contribution is 2.39. The Bertz CT molecular complexity index is 1110. The van der Waals surface area contributed by atoms with E-state index in [0.717, 1.165) is 6.07 Å². The van der Waals surface area contributed by atoms with Crippen molar-refractivity contribution in [3.63, 3.8) is 0 Å². The molecule has 1 aliphatic rings. The van der Waals surface area contributed by atoms with Crippen LogP contribution in [-0.2, 0) is 4.74 Å². The van der Waals surface area contributed by atoms with Gasteiger partial charge in [0.2, 0.25) is 5.95 Å². The monoisotopic (exact) mass is 431 g/mol. The molecule has 2 atom stereocenters. The molecule has 8 nitrogen and oxygen atoms in total. The number of morpholine rings is 1. The van der Waals surface area contributed by atoms with E-state index in [1.54, 1.807) is 0 Å². The lowest BCUT2D eigenvalue weighted by Crippen LogP contribution is -2.46. The van der Waals surface area contributed by atoms with Crippen molar-refractivity contribution in [2.45, 2.75) is 26.1 Å². The van der Waals surface area contributed by atoms with Crippen LogP contribution in [0.3, 0.4) is 0 Å². The highest BCUT2D eigenvalue weighted by molar-refractivity contribution is 5.92. The maximum Gasteiger partial charge on any atom is 0.220 e. The number of anilines is 2. The number of nitrogen functional groups attached to an aromatic ring is 1. The molecule has 0 amide bonds. The van der Waals surface area contributed by atoms with Crippen molar-refractivity contribution in [3.05, 3.63) is 30.0 Å². The predicted molar refractivity (Wildman–Crippen MR) is 112 cm³/mol. The van der Waals surface area contributed by atoms with Gasteiger partial charge in [0, 0.05) is 30.7 Å². The standard InChI is InChI=1S/C21H23F2N5O3/c1-10-8-28(9-11(2)31-10)20-19-12(7-25-21(24)27-19)5-13(26-20)16-17(22)14(29-3)6-15(30-4)18(16)23/h5-7,10-11H,8-9H2,1-4H3,(H2,24,25,27). The SMILES string of the molecule is COc1cc(OC)c(F)c(-c2cc3cnc(N)nc3c(N3CC(C)OC(C)C3)n2)c1F. The van der Waals surface area contributed by atoms with Gasteiger partial charge < -0.3 is 24.8 Å². The van der Waals surface area contributed by atoms with Crippen molar-refractivity contribution >= 4 is 22.7 Å². The third kappa shape index (κ3) is 3.78. The van der Waals surface area contributed by atoms with E-state index < -0.39 is 11.6 Å². The van der Waals surface area contributed by atoms with Gasteiger partial charge in [-0.1, -0.05) is 0 Å². The third-order valence-electron chi connectivity index (χ3n) is 5.12. The molecule has 1 saturated heterocycles. The van der Waals surface area contributed by atoms with Crippen molar-refractivity contribution in [1.29, 1.82) is 0 Å². The van der Waals surface area contributed by atoms with Crippen LogP contribution in [0.15, 0.2) is 18.3 Å². The molecule has 2 aromatic heterocycles. The van der Waals surface area contributed by atoms with Gasteiger partial charge in [0.05, 0.1) is 37.7 Å². The topological polar surface area (TPSA) is 95.6 Å². The van der Waals surface area contributed by atoms with E-state index in [1.807, 2.05) is 18.7 Å². The lowest BCUT2D eigenvalue weighted by molar-refractivity contribution is -0.00537. The summed E-state index contributed by atoms with van der Waals surface area (Å²) in [5.41, 5.74) is 6.01.